The molecule has 0 saturated carbocycles. The van der Waals surface area contributed by atoms with Gasteiger partial charge in [0.1, 0.15) is 6.04 Å². The van der Waals surface area contributed by atoms with Crippen LogP contribution in [0.25, 0.3) is 11.5 Å². The predicted octanol–water partition coefficient (Wildman–Crippen LogP) is 4.63. The highest BCUT2D eigenvalue weighted by Crippen LogP contribution is 2.37. The quantitative estimate of drug-likeness (QED) is 0.642. The summed E-state index contributed by atoms with van der Waals surface area (Å²) in [5.41, 5.74) is 0.0849. The van der Waals surface area contributed by atoms with Crippen LogP contribution in [0.5, 0.6) is 0 Å². The lowest BCUT2D eigenvalue weighted by Gasteiger charge is -2.09. The second-order valence-corrected chi connectivity index (χ2v) is 5.97. The van der Waals surface area contributed by atoms with Crippen molar-refractivity contribution in [3.63, 3.8) is 0 Å². The zero-order chi connectivity index (χ0) is 17.5. The van der Waals surface area contributed by atoms with Crippen LogP contribution in [0.1, 0.15) is 30.2 Å². The molecule has 0 aliphatic heterocycles. The lowest BCUT2D eigenvalue weighted by Crippen LogP contribution is -2.13. The Morgan fingerprint density at radius 3 is 2.42 bits per heavy atom. The van der Waals surface area contributed by atoms with Gasteiger partial charge in [-0.25, -0.2) is 0 Å². The van der Waals surface area contributed by atoms with Crippen LogP contribution in [-0.4, -0.2) is 20.0 Å². The molecule has 126 valence electrons. The number of hydrogen-bond acceptors (Lipinski definition) is 4. The fourth-order valence-electron chi connectivity index (χ4n) is 2.26. The number of benzene rings is 1. The normalized spacial score (nSPS) is 13.2. The molecule has 0 N–H and O–H groups in total. The SMILES string of the molecule is Cc1c(Br)c(C(F)(F)F)nn1C(C)c1nnc(-c2ccccc2)o1. The number of alkyl halides is 3. The van der Waals surface area contributed by atoms with Gasteiger partial charge in [-0.2, -0.15) is 18.3 Å². The molecule has 2 heterocycles. The molecule has 2 aromatic heterocycles. The van der Waals surface area contributed by atoms with Crippen LogP contribution in [0, 0.1) is 6.92 Å². The Bertz CT molecular complexity index is 857. The molecule has 0 saturated heterocycles. The Balaban J connectivity index is 1.96. The van der Waals surface area contributed by atoms with Gasteiger partial charge >= 0.3 is 6.18 Å². The van der Waals surface area contributed by atoms with Crippen LogP contribution < -0.4 is 0 Å². The Kier molecular flexibility index (Phi) is 4.20. The summed E-state index contributed by atoms with van der Waals surface area (Å²) in [6, 6.07) is 8.48. The van der Waals surface area contributed by atoms with Crippen LogP contribution in [0.15, 0.2) is 39.2 Å². The number of halogens is 4. The van der Waals surface area contributed by atoms with E-state index in [9.17, 15) is 13.2 Å². The first-order valence-corrected chi connectivity index (χ1v) is 7.79. The predicted molar refractivity (Wildman–Crippen MR) is 83.2 cm³/mol. The van der Waals surface area contributed by atoms with E-state index < -0.39 is 17.9 Å². The molecule has 0 spiro atoms. The monoisotopic (exact) mass is 400 g/mol. The van der Waals surface area contributed by atoms with Crippen molar-refractivity contribution >= 4 is 15.9 Å². The van der Waals surface area contributed by atoms with Gasteiger partial charge < -0.3 is 4.42 Å². The minimum Gasteiger partial charge on any atom is -0.418 e. The summed E-state index contributed by atoms with van der Waals surface area (Å²) < 4.78 is 45.6. The first-order valence-electron chi connectivity index (χ1n) is 6.99. The van der Waals surface area contributed by atoms with Crippen molar-refractivity contribution in [3.8, 4) is 11.5 Å². The Labute approximate surface area is 143 Å². The van der Waals surface area contributed by atoms with E-state index in [-0.39, 0.29) is 10.4 Å². The van der Waals surface area contributed by atoms with Gasteiger partial charge in [-0.15, -0.1) is 10.2 Å². The van der Waals surface area contributed by atoms with Gasteiger partial charge in [0.2, 0.25) is 11.8 Å². The summed E-state index contributed by atoms with van der Waals surface area (Å²) >= 11 is 2.95. The zero-order valence-corrected chi connectivity index (χ0v) is 14.3. The fraction of sp³-hybridized carbons (Fsp3) is 0.267. The van der Waals surface area contributed by atoms with Crippen molar-refractivity contribution in [2.45, 2.75) is 26.1 Å². The van der Waals surface area contributed by atoms with Gasteiger partial charge in [0.05, 0.1) is 10.2 Å². The van der Waals surface area contributed by atoms with E-state index in [0.29, 0.717) is 11.6 Å². The van der Waals surface area contributed by atoms with Gasteiger partial charge in [-0.05, 0) is 41.9 Å². The molecule has 0 aliphatic rings. The van der Waals surface area contributed by atoms with Crippen LogP contribution in [0.4, 0.5) is 13.2 Å². The maximum absolute atomic E-state index is 13.0. The number of hydrogen-bond donors (Lipinski definition) is 0. The molecular formula is C15H12BrF3N4O. The Morgan fingerprint density at radius 1 is 1.17 bits per heavy atom. The zero-order valence-electron chi connectivity index (χ0n) is 12.7. The molecule has 24 heavy (non-hydrogen) atoms. The van der Waals surface area contributed by atoms with Crippen LogP contribution in [0.3, 0.4) is 0 Å². The highest BCUT2D eigenvalue weighted by atomic mass is 79.9. The van der Waals surface area contributed by atoms with Crippen molar-refractivity contribution in [2.24, 2.45) is 0 Å². The van der Waals surface area contributed by atoms with Crippen molar-refractivity contribution in [3.05, 3.63) is 52.1 Å². The summed E-state index contributed by atoms with van der Waals surface area (Å²) in [6.07, 6.45) is -4.54. The van der Waals surface area contributed by atoms with Gasteiger partial charge in [0.15, 0.2) is 5.69 Å². The van der Waals surface area contributed by atoms with E-state index in [1.165, 1.54) is 11.6 Å². The maximum Gasteiger partial charge on any atom is 0.436 e. The third-order valence-corrected chi connectivity index (χ3v) is 4.48. The van der Waals surface area contributed by atoms with E-state index >= 15 is 0 Å². The third-order valence-electron chi connectivity index (χ3n) is 3.53. The summed E-state index contributed by atoms with van der Waals surface area (Å²) in [4.78, 5) is 0. The average molecular weight is 401 g/mol. The maximum atomic E-state index is 13.0. The molecule has 0 aliphatic carbocycles. The van der Waals surface area contributed by atoms with E-state index in [2.05, 4.69) is 31.2 Å². The first kappa shape index (κ1) is 16.7. The van der Waals surface area contributed by atoms with Crippen LogP contribution >= 0.6 is 15.9 Å². The lowest BCUT2D eigenvalue weighted by molar-refractivity contribution is -0.142. The van der Waals surface area contributed by atoms with Gasteiger partial charge in [0.25, 0.3) is 0 Å². The van der Waals surface area contributed by atoms with E-state index in [1.807, 2.05) is 18.2 Å². The summed E-state index contributed by atoms with van der Waals surface area (Å²) in [5.74, 6) is 0.484. The molecule has 9 heteroatoms. The molecule has 0 radical (unpaired) electrons. The molecule has 1 aromatic carbocycles. The number of rotatable bonds is 3. The minimum absolute atomic E-state index is 0.0929. The molecule has 0 fully saturated rings. The summed E-state index contributed by atoms with van der Waals surface area (Å²) in [5, 5.41) is 11.5. The highest BCUT2D eigenvalue weighted by molar-refractivity contribution is 9.10. The van der Waals surface area contributed by atoms with Gasteiger partial charge in [-0.1, -0.05) is 18.2 Å². The van der Waals surface area contributed by atoms with Gasteiger partial charge in [0, 0.05) is 5.56 Å². The second-order valence-electron chi connectivity index (χ2n) is 5.18. The molecular weight excluding hydrogens is 389 g/mol. The average Bonchev–Trinajstić information content (AvgIpc) is 3.14. The minimum atomic E-state index is -4.54. The molecule has 3 rings (SSSR count). The molecule has 0 amide bonds. The highest BCUT2D eigenvalue weighted by Gasteiger charge is 2.38. The van der Waals surface area contributed by atoms with Crippen molar-refractivity contribution in [2.75, 3.05) is 0 Å². The van der Waals surface area contributed by atoms with E-state index in [1.54, 1.807) is 19.1 Å². The smallest absolute Gasteiger partial charge is 0.418 e. The van der Waals surface area contributed by atoms with Crippen molar-refractivity contribution < 1.29 is 17.6 Å². The summed E-state index contributed by atoms with van der Waals surface area (Å²) in [7, 11) is 0. The largest absolute Gasteiger partial charge is 0.436 e. The van der Waals surface area contributed by atoms with E-state index in [0.717, 1.165) is 5.56 Å². The molecule has 3 aromatic rings. The Morgan fingerprint density at radius 2 is 1.83 bits per heavy atom. The Hall–Kier alpha value is -2.16. The molecule has 1 unspecified atom stereocenters. The third kappa shape index (κ3) is 2.95. The fourth-order valence-corrected chi connectivity index (χ4v) is 2.75. The van der Waals surface area contributed by atoms with Crippen molar-refractivity contribution in [1.82, 2.24) is 20.0 Å². The number of nitrogens with zero attached hydrogens (tertiary/aromatic N) is 4. The standard InChI is InChI=1S/C15H12BrF3N4O/c1-8-11(16)12(15(17,18)19)22-23(8)9(2)13-20-21-14(24-13)10-6-4-3-5-7-10/h3-7,9H,1-2H3. The lowest BCUT2D eigenvalue weighted by atomic mass is 10.2. The van der Waals surface area contributed by atoms with Crippen molar-refractivity contribution in [1.29, 1.82) is 0 Å². The van der Waals surface area contributed by atoms with E-state index in [4.69, 9.17) is 4.42 Å². The molecule has 1 atom stereocenters. The van der Waals surface area contributed by atoms with Crippen LogP contribution in [-0.2, 0) is 6.18 Å². The second kappa shape index (κ2) is 6.04. The van der Waals surface area contributed by atoms with Gasteiger partial charge in [-0.3, -0.25) is 4.68 Å². The first-order chi connectivity index (χ1) is 11.3. The van der Waals surface area contributed by atoms with Crippen LogP contribution in [0.2, 0.25) is 0 Å². The number of aromatic nitrogens is 4. The molecule has 5 nitrogen and oxygen atoms in total. The molecule has 0 bridgehead atoms. The summed E-state index contributed by atoms with van der Waals surface area (Å²) in [6.45, 7) is 3.19. The topological polar surface area (TPSA) is 56.7 Å².